The van der Waals surface area contributed by atoms with Crippen molar-refractivity contribution < 1.29 is 0 Å². The highest BCUT2D eigenvalue weighted by Gasteiger charge is 2.35. The standard InChI is InChI=1S/C25H38N2.ClH/c1-19-7-6-8-22(27-13-11-26(12-14-27)17-20-9-10-20)23(19)21-15-24(2,3)18-25(4,5)16-21;/h6-8,15,20H,9-14,16-18H2,1-5H3;1H. The van der Waals surface area contributed by atoms with E-state index in [1.165, 1.54) is 75.2 Å². The van der Waals surface area contributed by atoms with Crippen molar-refractivity contribution in [2.75, 3.05) is 37.6 Å². The van der Waals surface area contributed by atoms with Crippen molar-refractivity contribution in [2.45, 2.75) is 60.3 Å². The fourth-order valence-electron chi connectivity index (χ4n) is 5.72. The average Bonchev–Trinajstić information content (AvgIpc) is 3.36. The Balaban J connectivity index is 0.00000225. The number of hydrogen-bond donors (Lipinski definition) is 0. The number of allylic oxidation sites excluding steroid dienone is 2. The third-order valence-corrected chi connectivity index (χ3v) is 6.67. The van der Waals surface area contributed by atoms with Crippen molar-refractivity contribution in [3.63, 3.8) is 0 Å². The van der Waals surface area contributed by atoms with Crippen molar-refractivity contribution in [3.8, 4) is 0 Å². The highest BCUT2D eigenvalue weighted by Crippen LogP contribution is 2.49. The smallest absolute Gasteiger partial charge is 0.0446 e. The second-order valence-corrected chi connectivity index (χ2v) is 10.9. The molecule has 1 saturated carbocycles. The Bertz CT molecular complexity index is 722. The lowest BCUT2D eigenvalue weighted by Gasteiger charge is -2.42. The average molecular weight is 403 g/mol. The fraction of sp³-hybridized carbons (Fsp3) is 0.680. The molecule has 1 saturated heterocycles. The summed E-state index contributed by atoms with van der Waals surface area (Å²) in [5, 5.41) is 0. The van der Waals surface area contributed by atoms with Crippen LogP contribution in [0.5, 0.6) is 0 Å². The Labute approximate surface area is 178 Å². The van der Waals surface area contributed by atoms with E-state index in [9.17, 15) is 0 Å². The van der Waals surface area contributed by atoms with Crippen LogP contribution in [0.2, 0.25) is 0 Å². The van der Waals surface area contributed by atoms with Gasteiger partial charge >= 0.3 is 0 Å². The van der Waals surface area contributed by atoms with E-state index in [2.05, 4.69) is 68.7 Å². The van der Waals surface area contributed by atoms with E-state index in [-0.39, 0.29) is 17.8 Å². The molecule has 1 aliphatic heterocycles. The molecule has 0 bridgehead atoms. The maximum Gasteiger partial charge on any atom is 0.0446 e. The molecule has 2 nitrogen and oxygen atoms in total. The first-order valence-electron chi connectivity index (χ1n) is 11.0. The van der Waals surface area contributed by atoms with Crippen LogP contribution < -0.4 is 4.90 Å². The Morgan fingerprint density at radius 1 is 1.00 bits per heavy atom. The van der Waals surface area contributed by atoms with Crippen LogP contribution in [0.3, 0.4) is 0 Å². The van der Waals surface area contributed by atoms with Gasteiger partial charge in [0.2, 0.25) is 0 Å². The molecule has 1 aromatic carbocycles. The van der Waals surface area contributed by atoms with E-state index in [0.717, 1.165) is 5.92 Å². The number of benzene rings is 1. The van der Waals surface area contributed by atoms with Gasteiger partial charge in [0.15, 0.2) is 0 Å². The van der Waals surface area contributed by atoms with Crippen LogP contribution >= 0.6 is 12.4 Å². The molecule has 0 amide bonds. The predicted molar refractivity (Wildman–Crippen MR) is 125 cm³/mol. The summed E-state index contributed by atoms with van der Waals surface area (Å²) in [5.41, 5.74) is 6.66. The van der Waals surface area contributed by atoms with Gasteiger partial charge in [0.05, 0.1) is 0 Å². The molecule has 0 atom stereocenters. The molecule has 0 aromatic heterocycles. The lowest BCUT2D eigenvalue weighted by Crippen LogP contribution is -2.47. The Kier molecular flexibility index (Phi) is 6.23. The van der Waals surface area contributed by atoms with Crippen molar-refractivity contribution in [1.82, 2.24) is 4.90 Å². The van der Waals surface area contributed by atoms with Crippen molar-refractivity contribution >= 4 is 23.7 Å². The molecule has 0 radical (unpaired) electrons. The van der Waals surface area contributed by atoms with Crippen molar-refractivity contribution in [2.24, 2.45) is 16.7 Å². The molecule has 3 heteroatoms. The molecule has 2 aliphatic carbocycles. The molecule has 0 spiro atoms. The van der Waals surface area contributed by atoms with Crippen LogP contribution in [0.25, 0.3) is 5.57 Å². The van der Waals surface area contributed by atoms with Gasteiger partial charge in [-0.3, -0.25) is 4.90 Å². The van der Waals surface area contributed by atoms with E-state index in [1.807, 2.05) is 0 Å². The van der Waals surface area contributed by atoms with Gasteiger partial charge in [-0.1, -0.05) is 45.9 Å². The summed E-state index contributed by atoms with van der Waals surface area (Å²) in [6.45, 7) is 18.1. The molecule has 1 aromatic rings. The zero-order valence-electron chi connectivity index (χ0n) is 18.6. The fourth-order valence-corrected chi connectivity index (χ4v) is 5.72. The van der Waals surface area contributed by atoms with E-state index < -0.39 is 0 Å². The van der Waals surface area contributed by atoms with Gasteiger partial charge in [-0.05, 0) is 66.6 Å². The number of halogens is 1. The van der Waals surface area contributed by atoms with E-state index in [0.29, 0.717) is 5.41 Å². The third-order valence-electron chi connectivity index (χ3n) is 6.67. The third kappa shape index (κ3) is 4.94. The van der Waals surface area contributed by atoms with Gasteiger partial charge in [0.25, 0.3) is 0 Å². The zero-order chi connectivity index (χ0) is 19.2. The zero-order valence-corrected chi connectivity index (χ0v) is 19.4. The Morgan fingerprint density at radius 3 is 2.29 bits per heavy atom. The molecule has 0 unspecified atom stereocenters. The highest BCUT2D eigenvalue weighted by molar-refractivity contribution is 5.85. The second-order valence-electron chi connectivity index (χ2n) is 10.9. The van der Waals surface area contributed by atoms with Gasteiger partial charge in [-0.25, -0.2) is 0 Å². The summed E-state index contributed by atoms with van der Waals surface area (Å²) < 4.78 is 0. The maximum absolute atomic E-state index is 2.69. The SMILES string of the molecule is Cc1cccc(N2CCN(CC3CC3)CC2)c1C1=CC(C)(C)CC(C)(C)C1.Cl. The first-order valence-corrected chi connectivity index (χ1v) is 11.0. The molecule has 2 fully saturated rings. The lowest BCUT2D eigenvalue weighted by atomic mass is 9.65. The lowest BCUT2D eigenvalue weighted by molar-refractivity contribution is 0.228. The van der Waals surface area contributed by atoms with Gasteiger partial charge in [0, 0.05) is 44.0 Å². The van der Waals surface area contributed by atoms with Gasteiger partial charge in [-0.2, -0.15) is 0 Å². The topological polar surface area (TPSA) is 6.48 Å². The highest BCUT2D eigenvalue weighted by atomic mass is 35.5. The summed E-state index contributed by atoms with van der Waals surface area (Å²) in [7, 11) is 0. The first-order chi connectivity index (χ1) is 12.7. The van der Waals surface area contributed by atoms with E-state index in [1.54, 1.807) is 5.57 Å². The van der Waals surface area contributed by atoms with Crippen LogP contribution in [-0.2, 0) is 0 Å². The molecule has 0 N–H and O–H groups in total. The first kappa shape index (κ1) is 21.7. The molecule has 3 aliphatic rings. The quantitative estimate of drug-likeness (QED) is 0.593. The number of aryl methyl sites for hydroxylation is 1. The van der Waals surface area contributed by atoms with Crippen molar-refractivity contribution in [1.29, 1.82) is 0 Å². The van der Waals surface area contributed by atoms with Crippen molar-refractivity contribution in [3.05, 3.63) is 35.4 Å². The number of nitrogens with zero attached hydrogens (tertiary/aromatic N) is 2. The summed E-state index contributed by atoms with van der Waals surface area (Å²) in [6.07, 6.45) is 7.96. The number of piperazine rings is 1. The molecule has 1 heterocycles. The predicted octanol–water partition coefficient (Wildman–Crippen LogP) is 6.18. The number of anilines is 1. The van der Waals surface area contributed by atoms with E-state index in [4.69, 9.17) is 0 Å². The molecular formula is C25H39ClN2. The number of hydrogen-bond acceptors (Lipinski definition) is 2. The molecule has 4 rings (SSSR count). The summed E-state index contributed by atoms with van der Waals surface area (Å²) in [5.74, 6) is 1.00. The Morgan fingerprint density at radius 2 is 1.68 bits per heavy atom. The number of rotatable bonds is 4. The summed E-state index contributed by atoms with van der Waals surface area (Å²) >= 11 is 0. The Hall–Kier alpha value is -0.990. The monoisotopic (exact) mass is 402 g/mol. The molecule has 28 heavy (non-hydrogen) atoms. The van der Waals surface area contributed by atoms with Gasteiger partial charge in [0.1, 0.15) is 0 Å². The second kappa shape index (κ2) is 8.03. The van der Waals surface area contributed by atoms with Gasteiger partial charge < -0.3 is 4.90 Å². The summed E-state index contributed by atoms with van der Waals surface area (Å²) in [6, 6.07) is 6.93. The molecular weight excluding hydrogens is 364 g/mol. The van der Waals surface area contributed by atoms with Crippen LogP contribution in [0.4, 0.5) is 5.69 Å². The normalized spacial score (nSPS) is 24.5. The minimum absolute atomic E-state index is 0. The largest absolute Gasteiger partial charge is 0.368 e. The van der Waals surface area contributed by atoms with Crippen LogP contribution in [0.15, 0.2) is 24.3 Å². The van der Waals surface area contributed by atoms with E-state index >= 15 is 0 Å². The minimum atomic E-state index is 0. The van der Waals surface area contributed by atoms with Crippen LogP contribution in [-0.4, -0.2) is 37.6 Å². The van der Waals surface area contributed by atoms with Gasteiger partial charge in [-0.15, -0.1) is 12.4 Å². The maximum atomic E-state index is 2.69. The minimum Gasteiger partial charge on any atom is -0.368 e. The summed E-state index contributed by atoms with van der Waals surface area (Å²) in [4.78, 5) is 5.34. The van der Waals surface area contributed by atoms with Crippen LogP contribution in [0.1, 0.15) is 64.5 Å². The van der Waals surface area contributed by atoms with Crippen LogP contribution in [0, 0.1) is 23.7 Å². The molecule has 156 valence electrons.